The quantitative estimate of drug-likeness (QED) is 0.907. The number of nitrogens with one attached hydrogen (secondary N) is 1. The van der Waals surface area contributed by atoms with Crippen molar-refractivity contribution in [3.8, 4) is 6.07 Å². The van der Waals surface area contributed by atoms with E-state index in [0.717, 1.165) is 8.66 Å². The lowest BCUT2D eigenvalue weighted by Gasteiger charge is -2.02. The molecule has 5 nitrogen and oxygen atoms in total. The van der Waals surface area contributed by atoms with Gasteiger partial charge in [-0.15, -0.1) is 11.3 Å². The van der Waals surface area contributed by atoms with Crippen LogP contribution in [0.1, 0.15) is 10.4 Å². The minimum atomic E-state index is -0.652. The fraction of sp³-hybridized carbons (Fsp3) is 0.100. The Labute approximate surface area is 108 Å². The zero-order chi connectivity index (χ0) is 12.4. The Hall–Kier alpha value is -1.65. The number of halogens is 1. The molecule has 0 amide bonds. The van der Waals surface area contributed by atoms with Crippen molar-refractivity contribution in [2.75, 3.05) is 0 Å². The Bertz CT molecular complexity index is 707. The van der Waals surface area contributed by atoms with Gasteiger partial charge in [-0.05, 0) is 28.1 Å². The molecular formula is C10H6BrN3O2S. The van der Waals surface area contributed by atoms with Gasteiger partial charge in [-0.1, -0.05) is 0 Å². The first-order valence-electron chi connectivity index (χ1n) is 4.58. The van der Waals surface area contributed by atoms with E-state index in [1.165, 1.54) is 22.1 Å². The largest absolute Gasteiger partial charge is 0.328 e. The molecule has 2 aromatic rings. The number of nitriles is 1. The minimum absolute atomic E-state index is 0.0692. The van der Waals surface area contributed by atoms with Crippen molar-refractivity contribution in [2.24, 2.45) is 0 Å². The Balaban J connectivity index is 2.43. The van der Waals surface area contributed by atoms with Crippen LogP contribution in [0.3, 0.4) is 0 Å². The van der Waals surface area contributed by atoms with E-state index in [4.69, 9.17) is 5.26 Å². The number of thiophene rings is 1. The summed E-state index contributed by atoms with van der Waals surface area (Å²) < 4.78 is 2.27. The summed E-state index contributed by atoms with van der Waals surface area (Å²) in [6.07, 6.45) is 1.27. The molecule has 86 valence electrons. The minimum Gasteiger partial charge on any atom is -0.294 e. The van der Waals surface area contributed by atoms with Gasteiger partial charge in [-0.25, -0.2) is 4.79 Å². The molecule has 17 heavy (non-hydrogen) atoms. The molecule has 7 heteroatoms. The smallest absolute Gasteiger partial charge is 0.294 e. The molecule has 0 aliphatic carbocycles. The summed E-state index contributed by atoms with van der Waals surface area (Å²) in [4.78, 5) is 25.8. The van der Waals surface area contributed by atoms with Gasteiger partial charge in [0.25, 0.3) is 5.56 Å². The normalized spacial score (nSPS) is 10.1. The summed E-state index contributed by atoms with van der Waals surface area (Å²) >= 11 is 4.82. The first-order valence-corrected chi connectivity index (χ1v) is 6.19. The van der Waals surface area contributed by atoms with Gasteiger partial charge >= 0.3 is 5.69 Å². The summed E-state index contributed by atoms with van der Waals surface area (Å²) in [5, 5.41) is 8.71. The number of aromatic amines is 1. The van der Waals surface area contributed by atoms with Crippen molar-refractivity contribution in [1.29, 1.82) is 5.26 Å². The molecule has 2 aromatic heterocycles. The summed E-state index contributed by atoms with van der Waals surface area (Å²) in [7, 11) is 0. The van der Waals surface area contributed by atoms with Gasteiger partial charge in [-0.2, -0.15) is 5.26 Å². The second-order valence-electron chi connectivity index (χ2n) is 3.25. The third-order valence-corrected chi connectivity index (χ3v) is 3.69. The van der Waals surface area contributed by atoms with E-state index in [0.29, 0.717) is 6.54 Å². The summed E-state index contributed by atoms with van der Waals surface area (Å²) in [5.74, 6) is 0. The molecule has 0 saturated carbocycles. The summed E-state index contributed by atoms with van der Waals surface area (Å²) in [6.45, 7) is 0.334. The SMILES string of the molecule is N#Cc1cn(Cc2ccc(Br)s2)c(=O)[nH]c1=O. The third-order valence-electron chi connectivity index (χ3n) is 2.09. The van der Waals surface area contributed by atoms with Crippen LogP contribution in [0.15, 0.2) is 31.7 Å². The fourth-order valence-electron chi connectivity index (χ4n) is 1.31. The second-order valence-corrected chi connectivity index (χ2v) is 5.80. The van der Waals surface area contributed by atoms with Gasteiger partial charge in [0.2, 0.25) is 0 Å². The average molecular weight is 312 g/mol. The molecule has 0 spiro atoms. The maximum absolute atomic E-state index is 11.5. The number of aromatic nitrogens is 2. The van der Waals surface area contributed by atoms with E-state index in [2.05, 4.69) is 20.9 Å². The zero-order valence-electron chi connectivity index (χ0n) is 8.44. The Morgan fingerprint density at radius 2 is 2.24 bits per heavy atom. The Kier molecular flexibility index (Phi) is 3.26. The summed E-state index contributed by atoms with van der Waals surface area (Å²) in [5.41, 5.74) is -1.24. The molecule has 2 rings (SSSR count). The van der Waals surface area contributed by atoms with Crippen molar-refractivity contribution in [2.45, 2.75) is 6.54 Å². The van der Waals surface area contributed by atoms with E-state index in [1.54, 1.807) is 6.07 Å². The van der Waals surface area contributed by atoms with Crippen LogP contribution in [-0.4, -0.2) is 9.55 Å². The second kappa shape index (κ2) is 4.69. The van der Waals surface area contributed by atoms with Gasteiger partial charge in [0.05, 0.1) is 10.3 Å². The third kappa shape index (κ3) is 2.54. The molecule has 0 aliphatic heterocycles. The number of hydrogen-bond acceptors (Lipinski definition) is 4. The Morgan fingerprint density at radius 1 is 1.47 bits per heavy atom. The predicted molar refractivity (Wildman–Crippen MR) is 67.2 cm³/mol. The number of H-pyrrole nitrogens is 1. The van der Waals surface area contributed by atoms with Crippen molar-refractivity contribution in [3.05, 3.63) is 53.4 Å². The molecule has 2 heterocycles. The number of rotatable bonds is 2. The van der Waals surface area contributed by atoms with E-state index >= 15 is 0 Å². The molecule has 0 aromatic carbocycles. The van der Waals surface area contributed by atoms with Crippen LogP contribution in [0.25, 0.3) is 0 Å². The van der Waals surface area contributed by atoms with Crippen molar-refractivity contribution < 1.29 is 0 Å². The van der Waals surface area contributed by atoms with Gasteiger partial charge < -0.3 is 0 Å². The molecule has 0 saturated heterocycles. The van der Waals surface area contributed by atoms with Crippen LogP contribution in [0.5, 0.6) is 0 Å². The lowest BCUT2D eigenvalue weighted by Crippen LogP contribution is -2.31. The van der Waals surface area contributed by atoms with Gasteiger partial charge in [-0.3, -0.25) is 14.3 Å². The number of nitrogens with zero attached hydrogens (tertiary/aromatic N) is 2. The molecular weight excluding hydrogens is 306 g/mol. The van der Waals surface area contributed by atoms with Crippen LogP contribution < -0.4 is 11.2 Å². The van der Waals surface area contributed by atoms with Crippen molar-refractivity contribution in [1.82, 2.24) is 9.55 Å². The monoisotopic (exact) mass is 311 g/mol. The van der Waals surface area contributed by atoms with Crippen molar-refractivity contribution >= 4 is 27.3 Å². The van der Waals surface area contributed by atoms with Crippen LogP contribution >= 0.6 is 27.3 Å². The lowest BCUT2D eigenvalue weighted by molar-refractivity contribution is 0.726. The number of hydrogen-bond donors (Lipinski definition) is 1. The molecule has 0 bridgehead atoms. The highest BCUT2D eigenvalue weighted by molar-refractivity contribution is 9.11. The lowest BCUT2D eigenvalue weighted by atomic mass is 10.3. The van der Waals surface area contributed by atoms with Crippen LogP contribution in [0, 0.1) is 11.3 Å². The fourth-order valence-corrected chi connectivity index (χ4v) is 2.79. The maximum Gasteiger partial charge on any atom is 0.328 e. The zero-order valence-corrected chi connectivity index (χ0v) is 10.8. The highest BCUT2D eigenvalue weighted by Gasteiger charge is 2.05. The summed E-state index contributed by atoms with van der Waals surface area (Å²) in [6, 6.07) is 5.49. The maximum atomic E-state index is 11.5. The average Bonchev–Trinajstić information content (AvgIpc) is 2.68. The molecule has 0 fully saturated rings. The van der Waals surface area contributed by atoms with E-state index in [-0.39, 0.29) is 5.56 Å². The first-order chi connectivity index (χ1) is 8.10. The van der Waals surface area contributed by atoms with Crippen molar-refractivity contribution in [3.63, 3.8) is 0 Å². The van der Waals surface area contributed by atoms with Gasteiger partial charge in [0, 0.05) is 11.1 Å². The molecule has 0 unspecified atom stereocenters. The predicted octanol–water partition coefficient (Wildman–Crippen LogP) is 1.28. The van der Waals surface area contributed by atoms with Gasteiger partial charge in [0.1, 0.15) is 11.6 Å². The van der Waals surface area contributed by atoms with Crippen LogP contribution in [-0.2, 0) is 6.54 Å². The Morgan fingerprint density at radius 3 is 2.82 bits per heavy atom. The standard InChI is InChI=1S/C10H6BrN3O2S/c11-8-2-1-7(17-8)5-14-4-6(3-12)9(15)13-10(14)16/h1-2,4H,5H2,(H,13,15,16). The van der Waals surface area contributed by atoms with Crippen LogP contribution in [0.4, 0.5) is 0 Å². The highest BCUT2D eigenvalue weighted by atomic mass is 79.9. The highest BCUT2D eigenvalue weighted by Crippen LogP contribution is 2.22. The molecule has 0 aliphatic rings. The van der Waals surface area contributed by atoms with E-state index in [1.807, 2.05) is 12.1 Å². The first kappa shape index (κ1) is 11.8. The molecule has 0 radical (unpaired) electrons. The molecule has 0 atom stereocenters. The topological polar surface area (TPSA) is 78.7 Å². The molecule has 1 N–H and O–H groups in total. The van der Waals surface area contributed by atoms with Gasteiger partial charge in [0.15, 0.2) is 0 Å². The van der Waals surface area contributed by atoms with E-state index < -0.39 is 11.2 Å². The van der Waals surface area contributed by atoms with E-state index in [9.17, 15) is 9.59 Å². The van der Waals surface area contributed by atoms with Crippen LogP contribution in [0.2, 0.25) is 0 Å².